The molecule has 0 saturated carbocycles. The van der Waals surface area contributed by atoms with Crippen molar-refractivity contribution in [3.8, 4) is 0 Å². The number of allylic oxidation sites excluding steroid dienone is 2. The average Bonchev–Trinajstić information content (AvgIpc) is 3.35. The number of quaternary nitrogens is 1. The van der Waals surface area contributed by atoms with E-state index in [1.165, 1.54) is 5.69 Å². The monoisotopic (exact) mass is 525 g/mol. The number of ether oxygens (including phenoxy) is 1. The van der Waals surface area contributed by atoms with Crippen LogP contribution in [0.4, 0.5) is 5.69 Å². The second-order valence-corrected chi connectivity index (χ2v) is 10.7. The van der Waals surface area contributed by atoms with E-state index in [1.54, 1.807) is 0 Å². The summed E-state index contributed by atoms with van der Waals surface area (Å²) in [7, 11) is 4.48. The highest BCUT2D eigenvalue weighted by Gasteiger charge is 2.19. The number of anilines is 1. The molecule has 0 bridgehead atoms. The van der Waals surface area contributed by atoms with Gasteiger partial charge in [0.2, 0.25) is 5.89 Å². The minimum Gasteiger partial charge on any atom is -0.466 e. The van der Waals surface area contributed by atoms with E-state index < -0.39 is 0 Å². The van der Waals surface area contributed by atoms with Crippen molar-refractivity contribution < 1.29 is 18.4 Å². The SMILES string of the molecule is CCOC(=O)CCC[N+](C)(C)CCCCN1C=CC(=Cc2nc3ncc4ccccc4c3o2)c2ccccc21. The lowest BCUT2D eigenvalue weighted by molar-refractivity contribution is -0.890. The Kier molecular flexibility index (Phi) is 8.07. The van der Waals surface area contributed by atoms with Crippen molar-refractivity contribution in [2.75, 3.05) is 45.2 Å². The van der Waals surface area contributed by atoms with Crippen LogP contribution in [-0.4, -0.2) is 60.8 Å². The predicted octanol–water partition coefficient (Wildman–Crippen LogP) is 6.45. The molecule has 1 aliphatic heterocycles. The van der Waals surface area contributed by atoms with Gasteiger partial charge in [0, 0.05) is 53.5 Å². The molecule has 1 aliphatic rings. The predicted molar refractivity (Wildman–Crippen MR) is 157 cm³/mol. The first-order valence-electron chi connectivity index (χ1n) is 13.8. The van der Waals surface area contributed by atoms with Crippen molar-refractivity contribution in [1.82, 2.24) is 9.97 Å². The number of carbonyl (C=O) groups excluding carboxylic acids is 1. The Labute approximate surface area is 230 Å². The lowest BCUT2D eigenvalue weighted by Gasteiger charge is -2.31. The highest BCUT2D eigenvalue weighted by atomic mass is 16.5. The molecule has 4 aromatic rings. The van der Waals surface area contributed by atoms with Crippen LogP contribution in [0.2, 0.25) is 0 Å². The third-order valence-corrected chi connectivity index (χ3v) is 7.26. The van der Waals surface area contributed by atoms with Crippen molar-refractivity contribution in [1.29, 1.82) is 0 Å². The fourth-order valence-corrected chi connectivity index (χ4v) is 5.18. The molecule has 0 aliphatic carbocycles. The summed E-state index contributed by atoms with van der Waals surface area (Å²) in [6.07, 6.45) is 11.7. The summed E-state index contributed by atoms with van der Waals surface area (Å²) in [5.74, 6) is 0.461. The minimum atomic E-state index is -0.0947. The van der Waals surface area contributed by atoms with Crippen molar-refractivity contribution in [3.63, 3.8) is 0 Å². The van der Waals surface area contributed by atoms with Gasteiger partial charge in [-0.3, -0.25) is 4.79 Å². The Bertz CT molecular complexity index is 1520. The lowest BCUT2D eigenvalue weighted by Crippen LogP contribution is -2.41. The Morgan fingerprint density at radius 2 is 1.85 bits per heavy atom. The van der Waals surface area contributed by atoms with Crippen LogP contribution in [0.3, 0.4) is 0 Å². The molecule has 0 N–H and O–H groups in total. The lowest BCUT2D eigenvalue weighted by atomic mass is 9.99. The van der Waals surface area contributed by atoms with Crippen molar-refractivity contribution >= 4 is 45.3 Å². The molecule has 0 amide bonds. The van der Waals surface area contributed by atoms with Gasteiger partial charge in [-0.1, -0.05) is 42.5 Å². The summed E-state index contributed by atoms with van der Waals surface area (Å²) in [5, 5.41) is 2.06. The number of aromatic nitrogens is 2. The van der Waals surface area contributed by atoms with E-state index in [1.807, 2.05) is 43.5 Å². The van der Waals surface area contributed by atoms with Gasteiger partial charge in [0.1, 0.15) is 0 Å². The van der Waals surface area contributed by atoms with Crippen LogP contribution >= 0.6 is 0 Å². The minimum absolute atomic E-state index is 0.0947. The number of unbranched alkanes of at least 4 members (excludes halogenated alkanes) is 1. The number of nitrogens with zero attached hydrogens (tertiary/aromatic N) is 4. The first kappa shape index (κ1) is 26.6. The molecular formula is C32H37N4O3+. The van der Waals surface area contributed by atoms with Crippen LogP contribution in [0.15, 0.2) is 71.4 Å². The molecule has 0 spiro atoms. The zero-order valence-electron chi connectivity index (χ0n) is 23.1. The summed E-state index contributed by atoms with van der Waals surface area (Å²) in [4.78, 5) is 23.1. The summed E-state index contributed by atoms with van der Waals surface area (Å²) in [6.45, 7) is 5.30. The molecule has 3 heterocycles. The molecule has 39 heavy (non-hydrogen) atoms. The molecule has 0 atom stereocenters. The summed E-state index contributed by atoms with van der Waals surface area (Å²) in [6, 6.07) is 16.6. The molecule has 0 unspecified atom stereocenters. The third-order valence-electron chi connectivity index (χ3n) is 7.26. The van der Waals surface area contributed by atoms with Gasteiger partial charge in [0.15, 0.2) is 11.2 Å². The van der Waals surface area contributed by atoms with E-state index >= 15 is 0 Å². The van der Waals surface area contributed by atoms with Crippen LogP contribution in [-0.2, 0) is 9.53 Å². The molecule has 0 fully saturated rings. The number of hydrogen-bond acceptors (Lipinski definition) is 6. The largest absolute Gasteiger partial charge is 0.466 e. The van der Waals surface area contributed by atoms with Gasteiger partial charge >= 0.3 is 5.97 Å². The fraction of sp³-hybridized carbons (Fsp3) is 0.344. The number of pyridine rings is 1. The number of benzene rings is 2. The highest BCUT2D eigenvalue weighted by Crippen LogP contribution is 2.34. The van der Waals surface area contributed by atoms with E-state index in [4.69, 9.17) is 9.15 Å². The van der Waals surface area contributed by atoms with Gasteiger partial charge in [0.25, 0.3) is 0 Å². The van der Waals surface area contributed by atoms with Gasteiger partial charge in [-0.2, -0.15) is 4.98 Å². The van der Waals surface area contributed by atoms with E-state index in [0.29, 0.717) is 24.6 Å². The van der Waals surface area contributed by atoms with Gasteiger partial charge < -0.3 is 18.5 Å². The number of para-hydroxylation sites is 1. The van der Waals surface area contributed by atoms with Crippen LogP contribution in [0.1, 0.15) is 44.1 Å². The maximum absolute atomic E-state index is 11.6. The third kappa shape index (κ3) is 6.37. The standard InChI is InChI=1S/C32H37N4O3/c1-4-38-30(37)16-11-21-36(2,3)20-10-9-18-35-19-17-24(26-13-7-8-15-28(26)35)22-29-34-32-31(39-29)27-14-6-5-12-25(27)23-33-32/h5-8,12-15,17,19,22-23H,4,9-11,16,18,20-21H2,1-3H3/q+1. The van der Waals surface area contributed by atoms with Crippen LogP contribution in [0.25, 0.3) is 33.7 Å². The number of rotatable bonds is 11. The van der Waals surface area contributed by atoms with Gasteiger partial charge in [0.05, 0.1) is 40.2 Å². The van der Waals surface area contributed by atoms with E-state index in [-0.39, 0.29) is 5.97 Å². The van der Waals surface area contributed by atoms with Crippen molar-refractivity contribution in [3.05, 3.63) is 78.5 Å². The second kappa shape index (κ2) is 11.8. The van der Waals surface area contributed by atoms with Gasteiger partial charge in [-0.25, -0.2) is 4.98 Å². The zero-order chi connectivity index (χ0) is 27.2. The molecular weight excluding hydrogens is 488 g/mol. The normalized spacial score (nSPS) is 14.3. The number of hydrogen-bond donors (Lipinski definition) is 0. The van der Waals surface area contributed by atoms with E-state index in [2.05, 4.69) is 65.5 Å². The molecule has 0 saturated heterocycles. The molecule has 5 rings (SSSR count). The summed E-state index contributed by atoms with van der Waals surface area (Å²) < 4.78 is 12.1. The maximum Gasteiger partial charge on any atom is 0.305 e. The van der Waals surface area contributed by atoms with Crippen LogP contribution in [0, 0.1) is 0 Å². The van der Waals surface area contributed by atoms with E-state index in [0.717, 1.165) is 70.9 Å². The Balaban J connectivity index is 1.23. The Hall–Kier alpha value is -3.97. The second-order valence-electron chi connectivity index (χ2n) is 10.7. The number of carbonyl (C=O) groups is 1. The van der Waals surface area contributed by atoms with Gasteiger partial charge in [-0.15, -0.1) is 0 Å². The Morgan fingerprint density at radius 3 is 2.72 bits per heavy atom. The van der Waals surface area contributed by atoms with Crippen LogP contribution in [0.5, 0.6) is 0 Å². The fourth-order valence-electron chi connectivity index (χ4n) is 5.18. The Morgan fingerprint density at radius 1 is 1.05 bits per heavy atom. The van der Waals surface area contributed by atoms with E-state index in [9.17, 15) is 4.79 Å². The molecule has 202 valence electrons. The first-order valence-corrected chi connectivity index (χ1v) is 13.8. The average molecular weight is 526 g/mol. The molecule has 7 nitrogen and oxygen atoms in total. The first-order chi connectivity index (χ1) is 18.9. The summed E-state index contributed by atoms with van der Waals surface area (Å²) >= 11 is 0. The van der Waals surface area contributed by atoms with Gasteiger partial charge in [-0.05, 0) is 37.5 Å². The maximum atomic E-state index is 11.6. The molecule has 2 aromatic heterocycles. The topological polar surface area (TPSA) is 68.5 Å². The number of oxazole rings is 1. The van der Waals surface area contributed by atoms with Crippen LogP contribution < -0.4 is 4.90 Å². The number of fused-ring (bicyclic) bond motifs is 4. The smallest absolute Gasteiger partial charge is 0.305 e. The van der Waals surface area contributed by atoms with Crippen molar-refractivity contribution in [2.45, 2.75) is 32.6 Å². The highest BCUT2D eigenvalue weighted by molar-refractivity contribution is 6.01. The quantitative estimate of drug-likeness (QED) is 0.127. The molecule has 0 radical (unpaired) electrons. The zero-order valence-corrected chi connectivity index (χ0v) is 23.1. The molecule has 2 aromatic carbocycles. The summed E-state index contributed by atoms with van der Waals surface area (Å²) in [5.41, 5.74) is 4.76. The number of esters is 1. The van der Waals surface area contributed by atoms with Crippen molar-refractivity contribution in [2.24, 2.45) is 0 Å². The molecule has 7 heteroatoms.